The first-order valence-electron chi connectivity index (χ1n) is 12.7. The summed E-state index contributed by atoms with van der Waals surface area (Å²) in [6.07, 6.45) is 3.24. The number of ether oxygens (including phenoxy) is 3. The Bertz CT molecular complexity index is 1380. The van der Waals surface area contributed by atoms with E-state index < -0.39 is 17.1 Å². The zero-order chi connectivity index (χ0) is 26.0. The number of benzene rings is 1. The second kappa shape index (κ2) is 8.28. The van der Waals surface area contributed by atoms with E-state index in [1.54, 1.807) is 4.52 Å². The van der Waals surface area contributed by atoms with Gasteiger partial charge in [-0.1, -0.05) is 37.3 Å². The minimum Gasteiger partial charge on any atom is -0.469 e. The Morgan fingerprint density at radius 1 is 1.22 bits per heavy atom. The van der Waals surface area contributed by atoms with E-state index in [-0.39, 0.29) is 24.0 Å². The lowest BCUT2D eigenvalue weighted by atomic mass is 9.60. The van der Waals surface area contributed by atoms with Crippen LogP contribution < -0.4 is 4.90 Å². The lowest BCUT2D eigenvalue weighted by molar-refractivity contribution is -0.163. The molecule has 4 aliphatic rings. The van der Waals surface area contributed by atoms with Crippen molar-refractivity contribution in [3.8, 4) is 0 Å². The molecule has 5 heterocycles. The number of anilines is 1. The predicted octanol–water partition coefficient (Wildman–Crippen LogP) is 3.53. The Hall–Kier alpha value is -3.46. The average Bonchev–Trinajstić information content (AvgIpc) is 3.62. The SMILES string of the molecule is COC(=O)C12CC(COC(C)=O)(C1)OC2c1nc2c(C)cc(N3CC[C@](C)(c4ccccc4)C3)cn2n1. The molecule has 2 aromatic heterocycles. The molecule has 3 aliphatic heterocycles. The van der Waals surface area contributed by atoms with Crippen molar-refractivity contribution in [2.75, 3.05) is 31.7 Å². The molecular weight excluding hydrogens is 472 g/mol. The molecule has 0 amide bonds. The van der Waals surface area contributed by atoms with Crippen LogP contribution in [0.15, 0.2) is 42.6 Å². The maximum atomic E-state index is 12.8. The van der Waals surface area contributed by atoms with Crippen molar-refractivity contribution < 1.29 is 23.8 Å². The molecule has 1 saturated carbocycles. The number of hydrogen-bond acceptors (Lipinski definition) is 8. The van der Waals surface area contributed by atoms with Crippen LogP contribution in [-0.4, -0.2) is 58.9 Å². The summed E-state index contributed by atoms with van der Waals surface area (Å²) in [6, 6.07) is 12.8. The van der Waals surface area contributed by atoms with Gasteiger partial charge >= 0.3 is 11.9 Å². The highest BCUT2D eigenvalue weighted by Gasteiger charge is 2.74. The Morgan fingerprint density at radius 3 is 2.68 bits per heavy atom. The van der Waals surface area contributed by atoms with Crippen molar-refractivity contribution in [3.05, 3.63) is 59.5 Å². The fraction of sp³-hybridized carbons (Fsp3) is 0.500. The molecule has 2 bridgehead atoms. The normalized spacial score (nSPS) is 30.4. The quantitative estimate of drug-likeness (QED) is 0.471. The molecule has 194 valence electrons. The summed E-state index contributed by atoms with van der Waals surface area (Å²) < 4.78 is 18.5. The van der Waals surface area contributed by atoms with E-state index in [1.165, 1.54) is 19.6 Å². The third kappa shape index (κ3) is 3.70. The molecule has 3 saturated heterocycles. The smallest absolute Gasteiger partial charge is 0.315 e. The van der Waals surface area contributed by atoms with Gasteiger partial charge in [0.1, 0.15) is 23.7 Å². The highest BCUT2D eigenvalue weighted by atomic mass is 16.6. The summed E-state index contributed by atoms with van der Waals surface area (Å²) in [5, 5.41) is 4.79. The van der Waals surface area contributed by atoms with Crippen LogP contribution in [0.3, 0.4) is 0 Å². The fourth-order valence-electron chi connectivity index (χ4n) is 6.54. The molecular formula is C28H32N4O5. The van der Waals surface area contributed by atoms with E-state index >= 15 is 0 Å². The first-order chi connectivity index (χ1) is 17.7. The number of hydrogen-bond donors (Lipinski definition) is 0. The van der Waals surface area contributed by atoms with Crippen LogP contribution in [0.25, 0.3) is 5.65 Å². The van der Waals surface area contributed by atoms with Crippen molar-refractivity contribution in [3.63, 3.8) is 0 Å². The molecule has 9 heteroatoms. The highest BCUT2D eigenvalue weighted by molar-refractivity contribution is 5.80. The second-order valence-corrected chi connectivity index (χ2v) is 11.2. The van der Waals surface area contributed by atoms with Crippen molar-refractivity contribution in [1.29, 1.82) is 0 Å². The number of carbonyl (C=O) groups is 2. The van der Waals surface area contributed by atoms with E-state index in [4.69, 9.17) is 24.3 Å². The number of carbonyl (C=O) groups excluding carboxylic acids is 2. The van der Waals surface area contributed by atoms with Crippen LogP contribution in [-0.2, 0) is 29.2 Å². The molecule has 1 aromatic carbocycles. The van der Waals surface area contributed by atoms with Gasteiger partial charge in [-0.25, -0.2) is 9.50 Å². The maximum absolute atomic E-state index is 12.8. The van der Waals surface area contributed by atoms with Gasteiger partial charge in [0.2, 0.25) is 0 Å². The Morgan fingerprint density at radius 2 is 1.97 bits per heavy atom. The number of esters is 2. The van der Waals surface area contributed by atoms with Gasteiger partial charge in [-0.3, -0.25) is 9.59 Å². The minimum absolute atomic E-state index is 0.0828. The van der Waals surface area contributed by atoms with Crippen molar-refractivity contribution in [2.24, 2.45) is 5.41 Å². The number of fused-ring (bicyclic) bond motifs is 2. The molecule has 2 atom stereocenters. The third-order valence-electron chi connectivity index (χ3n) is 8.44. The highest BCUT2D eigenvalue weighted by Crippen LogP contribution is 2.67. The van der Waals surface area contributed by atoms with Crippen molar-refractivity contribution in [2.45, 2.75) is 57.2 Å². The fourth-order valence-corrected chi connectivity index (χ4v) is 6.54. The standard InChI is InChI=1S/C28H32N4O5/c1-18-12-21(31-11-10-26(3,16-31)20-8-6-5-7-9-20)13-32-24(18)29-23(30-32)22-28(25(34)35-4)14-27(15-28,37-22)17-36-19(2)33/h5-9,12-13,22H,10-11,14-17H2,1-4H3/t22?,26-,27?,28?/m0/s1. The Labute approximate surface area is 215 Å². The molecule has 7 rings (SSSR count). The van der Waals surface area contributed by atoms with Gasteiger partial charge in [0, 0.05) is 25.4 Å². The first kappa shape index (κ1) is 23.9. The Kier molecular flexibility index (Phi) is 5.35. The minimum atomic E-state index is -0.872. The zero-order valence-corrected chi connectivity index (χ0v) is 21.7. The number of pyridine rings is 1. The molecule has 3 aromatic rings. The lowest BCUT2D eigenvalue weighted by Crippen LogP contribution is -2.52. The molecule has 1 unspecified atom stereocenters. The summed E-state index contributed by atoms with van der Waals surface area (Å²) >= 11 is 0. The average molecular weight is 505 g/mol. The van der Waals surface area contributed by atoms with Gasteiger partial charge in [0.15, 0.2) is 11.5 Å². The molecule has 0 spiro atoms. The van der Waals surface area contributed by atoms with Crippen LogP contribution in [0.2, 0.25) is 0 Å². The zero-order valence-electron chi connectivity index (χ0n) is 21.7. The monoisotopic (exact) mass is 504 g/mol. The van der Waals surface area contributed by atoms with E-state index in [1.807, 2.05) is 13.1 Å². The van der Waals surface area contributed by atoms with E-state index in [2.05, 4.69) is 48.2 Å². The van der Waals surface area contributed by atoms with E-state index in [0.717, 1.165) is 36.4 Å². The summed E-state index contributed by atoms with van der Waals surface area (Å²) in [5.41, 5.74) is 2.67. The van der Waals surface area contributed by atoms with Gasteiger partial charge in [0.25, 0.3) is 0 Å². The summed E-state index contributed by atoms with van der Waals surface area (Å²) in [7, 11) is 1.38. The van der Waals surface area contributed by atoms with Crippen molar-refractivity contribution in [1.82, 2.24) is 14.6 Å². The number of methoxy groups -OCH3 is 1. The van der Waals surface area contributed by atoms with Crippen LogP contribution in [0.1, 0.15) is 56.2 Å². The van der Waals surface area contributed by atoms with E-state index in [9.17, 15) is 9.59 Å². The molecule has 1 aliphatic carbocycles. The summed E-state index contributed by atoms with van der Waals surface area (Å²) in [4.78, 5) is 31.4. The maximum Gasteiger partial charge on any atom is 0.315 e. The van der Waals surface area contributed by atoms with Crippen LogP contribution in [0, 0.1) is 12.3 Å². The molecule has 0 radical (unpaired) electrons. The number of aryl methyl sites for hydroxylation is 1. The molecule has 9 nitrogen and oxygen atoms in total. The third-order valence-corrected chi connectivity index (χ3v) is 8.44. The van der Waals surface area contributed by atoms with E-state index in [0.29, 0.717) is 18.7 Å². The number of aromatic nitrogens is 3. The van der Waals surface area contributed by atoms with Gasteiger partial charge < -0.3 is 19.1 Å². The topological polar surface area (TPSA) is 95.3 Å². The lowest BCUT2D eigenvalue weighted by Gasteiger charge is -2.42. The van der Waals surface area contributed by atoms with Gasteiger partial charge in [-0.05, 0) is 43.4 Å². The summed E-state index contributed by atoms with van der Waals surface area (Å²) in [5.74, 6) is -0.276. The molecule has 37 heavy (non-hydrogen) atoms. The second-order valence-electron chi connectivity index (χ2n) is 11.2. The van der Waals surface area contributed by atoms with Crippen molar-refractivity contribution >= 4 is 23.3 Å². The largest absolute Gasteiger partial charge is 0.469 e. The molecule has 0 N–H and O–H groups in total. The van der Waals surface area contributed by atoms with Gasteiger partial charge in [-0.15, -0.1) is 5.10 Å². The van der Waals surface area contributed by atoms with Gasteiger partial charge in [-0.2, -0.15) is 0 Å². The number of nitrogens with zero attached hydrogens (tertiary/aromatic N) is 4. The predicted molar refractivity (Wildman–Crippen MR) is 135 cm³/mol. The van der Waals surface area contributed by atoms with Crippen LogP contribution >= 0.6 is 0 Å². The summed E-state index contributed by atoms with van der Waals surface area (Å²) in [6.45, 7) is 7.68. The van der Waals surface area contributed by atoms with Crippen LogP contribution in [0.4, 0.5) is 5.69 Å². The van der Waals surface area contributed by atoms with Crippen LogP contribution in [0.5, 0.6) is 0 Å². The first-order valence-corrected chi connectivity index (χ1v) is 12.7. The number of rotatable bonds is 6. The van der Waals surface area contributed by atoms with Gasteiger partial charge in [0.05, 0.1) is 19.0 Å². The molecule has 4 fully saturated rings. The Balaban J connectivity index is 1.29.